The Morgan fingerprint density at radius 3 is 1.88 bits per heavy atom. The maximum absolute atomic E-state index is 13.1. The fraction of sp³-hybridized carbons (Fsp3) is 0.222. The van der Waals surface area contributed by atoms with Crippen LogP contribution in [0.1, 0.15) is 24.0 Å². The molecule has 0 spiro atoms. The number of methoxy groups -OCH3 is 1. The summed E-state index contributed by atoms with van der Waals surface area (Å²) in [5.41, 5.74) is 3.90. The third kappa shape index (κ3) is 4.00. The third-order valence-electron chi connectivity index (χ3n) is 6.51. The largest absolute Gasteiger partial charge is 0.478 e. The van der Waals surface area contributed by atoms with E-state index >= 15 is 0 Å². The van der Waals surface area contributed by atoms with Gasteiger partial charge in [0, 0.05) is 18.5 Å². The molecule has 1 aliphatic heterocycles. The molecule has 3 aromatic carbocycles. The normalized spacial score (nSPS) is 15.2. The second-order valence-corrected chi connectivity index (χ2v) is 8.30. The van der Waals surface area contributed by atoms with Crippen molar-refractivity contribution in [2.45, 2.75) is 18.3 Å². The van der Waals surface area contributed by atoms with Gasteiger partial charge in [0.1, 0.15) is 0 Å². The summed E-state index contributed by atoms with van der Waals surface area (Å²) in [5.74, 6) is 0.645. The first kappa shape index (κ1) is 20.9. The zero-order valence-electron chi connectivity index (χ0n) is 18.6. The molecule has 0 saturated carbocycles. The van der Waals surface area contributed by atoms with Gasteiger partial charge in [-0.25, -0.2) is 14.8 Å². The van der Waals surface area contributed by atoms with E-state index in [9.17, 15) is 4.79 Å². The lowest BCUT2D eigenvalue weighted by atomic mass is 9.68. The van der Waals surface area contributed by atoms with Gasteiger partial charge >= 0.3 is 6.03 Å². The Morgan fingerprint density at radius 2 is 1.33 bits per heavy atom. The van der Waals surface area contributed by atoms with Gasteiger partial charge in [0.05, 0.1) is 18.1 Å². The van der Waals surface area contributed by atoms with Crippen LogP contribution in [0, 0.1) is 0 Å². The topological polar surface area (TPSA) is 67.4 Å². The van der Waals surface area contributed by atoms with Crippen LogP contribution in [0.4, 0.5) is 10.6 Å². The van der Waals surface area contributed by atoms with Crippen molar-refractivity contribution in [1.82, 2.24) is 14.9 Å². The van der Waals surface area contributed by atoms with Gasteiger partial charge in [0.25, 0.3) is 5.88 Å². The fourth-order valence-corrected chi connectivity index (χ4v) is 4.74. The number of nitrogens with zero attached hydrogens (tertiary/aromatic N) is 3. The van der Waals surface area contributed by atoms with Crippen LogP contribution in [0.5, 0.6) is 5.88 Å². The monoisotopic (exact) mass is 438 g/mol. The molecule has 1 aliphatic rings. The first-order chi connectivity index (χ1) is 16.2. The number of fused-ring (bicyclic) bond motifs is 1. The number of likely N-dealkylation sites (tertiary alicyclic amines) is 1. The highest BCUT2D eigenvalue weighted by Gasteiger charge is 2.39. The third-order valence-corrected chi connectivity index (χ3v) is 6.51. The number of aromatic nitrogens is 2. The smallest absolute Gasteiger partial charge is 0.323 e. The molecule has 0 unspecified atom stereocenters. The molecule has 0 atom stereocenters. The number of nitrogens with one attached hydrogen (secondary N) is 1. The molecule has 2 heterocycles. The molecule has 1 aromatic heterocycles. The number of hydrogen-bond donors (Lipinski definition) is 1. The standard InChI is InChI=1S/C27H26N4O2/c1-33-25-24(28-22-14-8-9-15-23(22)29-25)30-26(32)31-18-16-27(17-19-31,20-10-4-2-5-11-20)21-12-6-3-7-13-21/h2-15H,16-19H2,1H3,(H,28,30,32). The number of ether oxygens (including phenoxy) is 1. The van der Waals surface area contributed by atoms with Crippen LogP contribution in [0.15, 0.2) is 84.9 Å². The number of hydrogen-bond acceptors (Lipinski definition) is 4. The SMILES string of the molecule is COc1nc2ccccc2nc1NC(=O)N1CCC(c2ccccc2)(c2ccccc2)CC1. The Hall–Kier alpha value is -3.93. The molecule has 0 radical (unpaired) electrons. The van der Waals surface area contributed by atoms with Crippen molar-refractivity contribution in [3.8, 4) is 5.88 Å². The van der Waals surface area contributed by atoms with E-state index in [0.717, 1.165) is 18.4 Å². The molecule has 1 fully saturated rings. The molecule has 33 heavy (non-hydrogen) atoms. The molecule has 6 nitrogen and oxygen atoms in total. The molecule has 5 rings (SSSR count). The molecular formula is C27H26N4O2. The maximum atomic E-state index is 13.1. The first-order valence-electron chi connectivity index (χ1n) is 11.2. The van der Waals surface area contributed by atoms with E-state index in [4.69, 9.17) is 4.74 Å². The number of benzene rings is 3. The van der Waals surface area contributed by atoms with E-state index in [1.54, 1.807) is 0 Å². The highest BCUT2D eigenvalue weighted by atomic mass is 16.5. The fourth-order valence-electron chi connectivity index (χ4n) is 4.74. The molecular weight excluding hydrogens is 412 g/mol. The summed E-state index contributed by atoms with van der Waals surface area (Å²) in [7, 11) is 1.53. The molecule has 4 aromatic rings. The van der Waals surface area contributed by atoms with Crippen molar-refractivity contribution < 1.29 is 9.53 Å². The zero-order valence-corrected chi connectivity index (χ0v) is 18.6. The minimum absolute atomic E-state index is 0.111. The number of para-hydroxylation sites is 2. The Balaban J connectivity index is 1.37. The van der Waals surface area contributed by atoms with Crippen molar-refractivity contribution >= 4 is 22.9 Å². The van der Waals surface area contributed by atoms with E-state index < -0.39 is 0 Å². The number of urea groups is 1. The summed E-state index contributed by atoms with van der Waals surface area (Å²) < 4.78 is 5.38. The maximum Gasteiger partial charge on any atom is 0.323 e. The van der Waals surface area contributed by atoms with Crippen LogP contribution in [0.2, 0.25) is 0 Å². The van der Waals surface area contributed by atoms with E-state index in [2.05, 4.69) is 63.8 Å². The summed E-state index contributed by atoms with van der Waals surface area (Å²) >= 11 is 0. The summed E-state index contributed by atoms with van der Waals surface area (Å²) in [6, 6.07) is 28.5. The molecule has 2 amide bonds. The number of carbonyl (C=O) groups excluding carboxylic acids is 1. The van der Waals surface area contributed by atoms with E-state index in [1.807, 2.05) is 41.3 Å². The number of piperidine rings is 1. The van der Waals surface area contributed by atoms with Crippen LogP contribution in [-0.4, -0.2) is 41.1 Å². The van der Waals surface area contributed by atoms with Crippen molar-refractivity contribution in [1.29, 1.82) is 0 Å². The Labute approximate surface area is 193 Å². The van der Waals surface area contributed by atoms with Gasteiger partial charge in [-0.15, -0.1) is 0 Å². The van der Waals surface area contributed by atoms with Crippen molar-refractivity contribution in [2.75, 3.05) is 25.5 Å². The van der Waals surface area contributed by atoms with Gasteiger partial charge in [-0.3, -0.25) is 5.32 Å². The number of amides is 2. The predicted octanol–water partition coefficient (Wildman–Crippen LogP) is 5.25. The molecule has 166 valence electrons. The van der Waals surface area contributed by atoms with Crippen molar-refractivity contribution in [3.63, 3.8) is 0 Å². The average molecular weight is 439 g/mol. The van der Waals surface area contributed by atoms with Gasteiger partial charge in [0.15, 0.2) is 5.82 Å². The van der Waals surface area contributed by atoms with Crippen LogP contribution in [-0.2, 0) is 5.41 Å². The average Bonchev–Trinajstić information content (AvgIpc) is 2.89. The Bertz CT molecular complexity index is 1210. The van der Waals surface area contributed by atoms with Gasteiger partial charge in [-0.2, -0.15) is 0 Å². The van der Waals surface area contributed by atoms with E-state index in [1.165, 1.54) is 18.2 Å². The van der Waals surface area contributed by atoms with Gasteiger partial charge in [0.2, 0.25) is 0 Å². The summed E-state index contributed by atoms with van der Waals surface area (Å²) in [6.45, 7) is 1.28. The van der Waals surface area contributed by atoms with Crippen LogP contribution >= 0.6 is 0 Å². The zero-order chi connectivity index (χ0) is 22.7. The molecule has 1 N–H and O–H groups in total. The number of anilines is 1. The summed E-state index contributed by atoms with van der Waals surface area (Å²) in [5, 5.41) is 2.92. The van der Waals surface area contributed by atoms with Crippen LogP contribution in [0.3, 0.4) is 0 Å². The van der Waals surface area contributed by atoms with Gasteiger partial charge in [-0.1, -0.05) is 72.8 Å². The van der Waals surface area contributed by atoms with Crippen molar-refractivity contribution in [2.24, 2.45) is 0 Å². The molecule has 0 aliphatic carbocycles. The Morgan fingerprint density at radius 1 is 0.818 bits per heavy atom. The number of carbonyl (C=O) groups is 1. The number of rotatable bonds is 4. The van der Waals surface area contributed by atoms with E-state index in [0.29, 0.717) is 30.3 Å². The first-order valence-corrected chi connectivity index (χ1v) is 11.2. The van der Waals surface area contributed by atoms with Crippen molar-refractivity contribution in [3.05, 3.63) is 96.1 Å². The lowest BCUT2D eigenvalue weighted by Gasteiger charge is -2.42. The lowest BCUT2D eigenvalue weighted by Crippen LogP contribution is -2.47. The molecule has 1 saturated heterocycles. The molecule has 6 heteroatoms. The Kier molecular flexibility index (Phi) is 5.65. The summed E-state index contributed by atoms with van der Waals surface area (Å²) in [6.07, 6.45) is 1.68. The lowest BCUT2D eigenvalue weighted by molar-refractivity contribution is 0.180. The van der Waals surface area contributed by atoms with Gasteiger partial charge < -0.3 is 9.64 Å². The quantitative estimate of drug-likeness (QED) is 0.472. The minimum atomic E-state index is -0.187. The van der Waals surface area contributed by atoms with E-state index in [-0.39, 0.29) is 11.4 Å². The second kappa shape index (κ2) is 8.90. The second-order valence-electron chi connectivity index (χ2n) is 8.30. The van der Waals surface area contributed by atoms with Gasteiger partial charge in [-0.05, 0) is 36.1 Å². The van der Waals surface area contributed by atoms with Crippen LogP contribution in [0.25, 0.3) is 11.0 Å². The van der Waals surface area contributed by atoms with Crippen LogP contribution < -0.4 is 10.1 Å². The highest BCUT2D eigenvalue weighted by molar-refractivity contribution is 5.91. The summed E-state index contributed by atoms with van der Waals surface area (Å²) in [4.78, 5) is 24.0. The minimum Gasteiger partial charge on any atom is -0.478 e. The highest BCUT2D eigenvalue weighted by Crippen LogP contribution is 2.41. The molecule has 0 bridgehead atoms. The predicted molar refractivity (Wildman–Crippen MR) is 130 cm³/mol.